The summed E-state index contributed by atoms with van der Waals surface area (Å²) in [5, 5.41) is 13.6. The third-order valence-corrected chi connectivity index (χ3v) is 2.44. The number of rotatable bonds is 7. The molecule has 0 fully saturated rings. The van der Waals surface area contributed by atoms with Gasteiger partial charge < -0.3 is 26.2 Å². The standard InChI is InChI=1S/C13H19N3O4/c14-11(8-17)12(18)15-6-7-16-13(19)20-9-10-4-2-1-3-5-10/h1-5,11,17H,6-9,14H2,(H,15,18)(H,16,19)/t11-/m0/s1. The first-order valence-electron chi connectivity index (χ1n) is 6.22. The van der Waals surface area contributed by atoms with E-state index in [-0.39, 0.29) is 19.7 Å². The zero-order chi connectivity index (χ0) is 14.8. The van der Waals surface area contributed by atoms with Crippen LogP contribution in [0.5, 0.6) is 0 Å². The number of nitrogens with two attached hydrogens (primary N) is 1. The molecule has 7 nitrogen and oxygen atoms in total. The number of hydrogen-bond acceptors (Lipinski definition) is 5. The van der Waals surface area contributed by atoms with Crippen molar-refractivity contribution in [2.45, 2.75) is 12.6 Å². The van der Waals surface area contributed by atoms with E-state index in [9.17, 15) is 9.59 Å². The molecule has 7 heteroatoms. The van der Waals surface area contributed by atoms with Gasteiger partial charge in [-0.05, 0) is 5.56 Å². The second-order valence-corrected chi connectivity index (χ2v) is 4.07. The molecule has 0 heterocycles. The van der Waals surface area contributed by atoms with Gasteiger partial charge in [0.2, 0.25) is 5.91 Å². The number of aliphatic hydroxyl groups is 1. The van der Waals surface area contributed by atoms with Crippen LogP contribution >= 0.6 is 0 Å². The summed E-state index contributed by atoms with van der Waals surface area (Å²) in [6, 6.07) is 8.35. The third kappa shape index (κ3) is 6.17. The van der Waals surface area contributed by atoms with Crippen LogP contribution in [-0.2, 0) is 16.1 Å². The number of amides is 2. The highest BCUT2D eigenvalue weighted by Crippen LogP contribution is 2.00. The second-order valence-electron chi connectivity index (χ2n) is 4.07. The molecule has 20 heavy (non-hydrogen) atoms. The minimum Gasteiger partial charge on any atom is -0.445 e. The number of carbonyl (C=O) groups is 2. The molecule has 1 atom stereocenters. The Morgan fingerprint density at radius 1 is 1.20 bits per heavy atom. The van der Waals surface area contributed by atoms with Crippen LogP contribution in [0.25, 0.3) is 0 Å². The van der Waals surface area contributed by atoms with Crippen LogP contribution in [0.1, 0.15) is 5.56 Å². The van der Waals surface area contributed by atoms with E-state index in [0.717, 1.165) is 5.56 Å². The fourth-order valence-corrected chi connectivity index (χ4v) is 1.34. The largest absolute Gasteiger partial charge is 0.445 e. The summed E-state index contributed by atoms with van der Waals surface area (Å²) in [5.74, 6) is -0.466. The molecular weight excluding hydrogens is 262 g/mol. The highest BCUT2D eigenvalue weighted by atomic mass is 16.5. The molecule has 0 bridgehead atoms. The number of benzene rings is 1. The Balaban J connectivity index is 2.10. The van der Waals surface area contributed by atoms with Crippen molar-refractivity contribution in [3.8, 4) is 0 Å². The molecule has 0 aliphatic rings. The minimum atomic E-state index is -0.944. The van der Waals surface area contributed by atoms with E-state index in [4.69, 9.17) is 15.6 Å². The van der Waals surface area contributed by atoms with E-state index in [1.807, 2.05) is 30.3 Å². The molecule has 0 saturated heterocycles. The van der Waals surface area contributed by atoms with Gasteiger partial charge in [-0.25, -0.2) is 4.79 Å². The summed E-state index contributed by atoms with van der Waals surface area (Å²) in [5.41, 5.74) is 6.19. The van der Waals surface area contributed by atoms with Gasteiger partial charge in [-0.1, -0.05) is 30.3 Å². The van der Waals surface area contributed by atoms with Crippen LogP contribution in [-0.4, -0.2) is 42.8 Å². The molecule has 0 spiro atoms. The Morgan fingerprint density at radius 2 is 1.85 bits per heavy atom. The average molecular weight is 281 g/mol. The quantitative estimate of drug-likeness (QED) is 0.496. The van der Waals surface area contributed by atoms with Crippen molar-refractivity contribution in [3.05, 3.63) is 35.9 Å². The molecule has 0 radical (unpaired) electrons. The predicted octanol–water partition coefficient (Wildman–Crippen LogP) is -0.651. The van der Waals surface area contributed by atoms with E-state index < -0.39 is 24.6 Å². The minimum absolute atomic E-state index is 0.189. The number of hydrogen-bond donors (Lipinski definition) is 4. The van der Waals surface area contributed by atoms with Gasteiger partial charge in [-0.15, -0.1) is 0 Å². The highest BCUT2D eigenvalue weighted by Gasteiger charge is 2.10. The van der Waals surface area contributed by atoms with Crippen LogP contribution in [0.2, 0.25) is 0 Å². The number of ether oxygens (including phenoxy) is 1. The lowest BCUT2D eigenvalue weighted by Crippen LogP contribution is -2.45. The van der Waals surface area contributed by atoms with Crippen LogP contribution in [0.4, 0.5) is 4.79 Å². The van der Waals surface area contributed by atoms with Crippen LogP contribution in [0.3, 0.4) is 0 Å². The van der Waals surface area contributed by atoms with Gasteiger partial charge in [0, 0.05) is 13.1 Å². The van der Waals surface area contributed by atoms with Gasteiger partial charge in [0.25, 0.3) is 0 Å². The molecule has 2 amide bonds. The number of nitrogens with one attached hydrogen (secondary N) is 2. The predicted molar refractivity (Wildman–Crippen MR) is 72.7 cm³/mol. The summed E-state index contributed by atoms with van der Waals surface area (Å²) in [7, 11) is 0. The molecule has 5 N–H and O–H groups in total. The zero-order valence-electron chi connectivity index (χ0n) is 11.0. The molecule has 0 unspecified atom stereocenters. The van der Waals surface area contributed by atoms with Crippen molar-refractivity contribution >= 4 is 12.0 Å². The van der Waals surface area contributed by atoms with Crippen molar-refractivity contribution < 1.29 is 19.4 Å². The molecule has 0 saturated carbocycles. The van der Waals surface area contributed by atoms with Gasteiger partial charge in [0.15, 0.2) is 0 Å². The van der Waals surface area contributed by atoms with Gasteiger partial charge in [-0.2, -0.15) is 0 Å². The number of carbonyl (C=O) groups excluding carboxylic acids is 2. The van der Waals surface area contributed by atoms with Crippen LogP contribution in [0, 0.1) is 0 Å². The van der Waals surface area contributed by atoms with E-state index in [1.54, 1.807) is 0 Å². The highest BCUT2D eigenvalue weighted by molar-refractivity contribution is 5.81. The molecule has 0 aliphatic heterocycles. The molecule has 110 valence electrons. The van der Waals surface area contributed by atoms with Crippen molar-refractivity contribution in [1.29, 1.82) is 0 Å². The van der Waals surface area contributed by atoms with E-state index in [1.165, 1.54) is 0 Å². The first kappa shape index (κ1) is 15.9. The lowest BCUT2D eigenvalue weighted by Gasteiger charge is -2.10. The Morgan fingerprint density at radius 3 is 2.50 bits per heavy atom. The van der Waals surface area contributed by atoms with Gasteiger partial charge >= 0.3 is 6.09 Å². The van der Waals surface area contributed by atoms with Crippen molar-refractivity contribution in [2.24, 2.45) is 5.73 Å². The molecule has 1 rings (SSSR count). The topological polar surface area (TPSA) is 114 Å². The maximum atomic E-state index is 11.3. The Labute approximate surface area is 117 Å². The summed E-state index contributed by atoms with van der Waals surface area (Å²) in [6.07, 6.45) is -0.561. The summed E-state index contributed by atoms with van der Waals surface area (Å²) in [4.78, 5) is 22.5. The lowest BCUT2D eigenvalue weighted by molar-refractivity contribution is -0.123. The van der Waals surface area contributed by atoms with E-state index in [2.05, 4.69) is 10.6 Å². The number of aliphatic hydroxyl groups excluding tert-OH is 1. The summed E-state index contributed by atoms with van der Waals surface area (Å²) >= 11 is 0. The third-order valence-electron chi connectivity index (χ3n) is 2.44. The fraction of sp³-hybridized carbons (Fsp3) is 0.385. The lowest BCUT2D eigenvalue weighted by atomic mass is 10.2. The van der Waals surface area contributed by atoms with Gasteiger partial charge in [0.05, 0.1) is 6.61 Å². The summed E-state index contributed by atoms with van der Waals surface area (Å²) < 4.78 is 4.98. The number of alkyl carbamates (subject to hydrolysis) is 1. The molecule has 0 aromatic heterocycles. The van der Waals surface area contributed by atoms with Crippen LogP contribution in [0.15, 0.2) is 30.3 Å². The van der Waals surface area contributed by atoms with E-state index >= 15 is 0 Å². The maximum absolute atomic E-state index is 11.3. The Bertz CT molecular complexity index is 425. The van der Waals surface area contributed by atoms with Crippen LogP contribution < -0.4 is 16.4 Å². The van der Waals surface area contributed by atoms with Crippen molar-refractivity contribution in [2.75, 3.05) is 19.7 Å². The van der Waals surface area contributed by atoms with Crippen molar-refractivity contribution in [1.82, 2.24) is 10.6 Å². The average Bonchev–Trinajstić information content (AvgIpc) is 2.49. The Kier molecular flexibility index (Phi) is 7.08. The SMILES string of the molecule is N[C@@H](CO)C(=O)NCCNC(=O)OCc1ccccc1. The molecular formula is C13H19N3O4. The smallest absolute Gasteiger partial charge is 0.407 e. The fourth-order valence-electron chi connectivity index (χ4n) is 1.34. The summed E-state index contributed by atoms with van der Waals surface area (Å²) in [6.45, 7) is 0.206. The van der Waals surface area contributed by atoms with Gasteiger partial charge in [0.1, 0.15) is 12.6 Å². The normalized spacial score (nSPS) is 11.5. The van der Waals surface area contributed by atoms with E-state index in [0.29, 0.717) is 0 Å². The Hall–Kier alpha value is -2.12. The van der Waals surface area contributed by atoms with Crippen molar-refractivity contribution in [3.63, 3.8) is 0 Å². The zero-order valence-corrected chi connectivity index (χ0v) is 11.0. The monoisotopic (exact) mass is 281 g/mol. The molecule has 0 aliphatic carbocycles. The molecule has 1 aromatic carbocycles. The molecule has 1 aromatic rings. The van der Waals surface area contributed by atoms with Gasteiger partial charge in [-0.3, -0.25) is 4.79 Å². The second kappa shape index (κ2) is 8.89. The first-order chi connectivity index (χ1) is 9.63. The maximum Gasteiger partial charge on any atom is 0.407 e. The first-order valence-corrected chi connectivity index (χ1v) is 6.22.